The first-order valence-corrected chi connectivity index (χ1v) is 12.7. The van der Waals surface area contributed by atoms with Crippen molar-refractivity contribution in [3.63, 3.8) is 0 Å². The summed E-state index contributed by atoms with van der Waals surface area (Å²) >= 11 is 0. The van der Waals surface area contributed by atoms with Crippen LogP contribution >= 0.6 is 0 Å². The molecule has 0 heterocycles. The Morgan fingerprint density at radius 3 is 2.06 bits per heavy atom. The van der Waals surface area contributed by atoms with Gasteiger partial charge in [-0.25, -0.2) is 4.79 Å². The number of hydrogen-bond acceptors (Lipinski definition) is 5. The van der Waals surface area contributed by atoms with E-state index in [0.29, 0.717) is 6.42 Å². The van der Waals surface area contributed by atoms with Crippen LogP contribution in [0.25, 0.3) is 0 Å². The van der Waals surface area contributed by atoms with E-state index in [9.17, 15) is 4.79 Å². The fourth-order valence-corrected chi connectivity index (χ4v) is 3.67. The van der Waals surface area contributed by atoms with Gasteiger partial charge in [0.1, 0.15) is 12.4 Å². The van der Waals surface area contributed by atoms with Crippen LogP contribution in [-0.4, -0.2) is 49.5 Å². The second kappa shape index (κ2) is 20.5. The molecule has 0 saturated heterocycles. The number of carbonyl (C=O) groups excluding carboxylic acids is 1. The van der Waals surface area contributed by atoms with Crippen LogP contribution in [0.15, 0.2) is 12.2 Å². The van der Waals surface area contributed by atoms with Crippen molar-refractivity contribution in [3.8, 4) is 0 Å². The van der Waals surface area contributed by atoms with E-state index >= 15 is 0 Å². The van der Waals surface area contributed by atoms with E-state index in [4.69, 9.17) is 19.3 Å². The zero-order valence-electron chi connectivity index (χ0n) is 21.5. The molecule has 6 heteroatoms. The third kappa shape index (κ3) is 19.6. The molecule has 0 aromatic heterocycles. The number of ether oxygens (including phenoxy) is 3. The van der Waals surface area contributed by atoms with E-state index < -0.39 is 11.7 Å². The summed E-state index contributed by atoms with van der Waals surface area (Å²) in [6.07, 6.45) is 18.2. The fourth-order valence-electron chi connectivity index (χ4n) is 3.67. The van der Waals surface area contributed by atoms with Crippen molar-refractivity contribution in [1.29, 1.82) is 0 Å². The quantitative estimate of drug-likeness (QED) is 0.124. The van der Waals surface area contributed by atoms with Gasteiger partial charge in [-0.2, -0.15) is 0 Å². The van der Waals surface area contributed by atoms with Crippen molar-refractivity contribution in [1.82, 2.24) is 5.32 Å². The molecule has 6 nitrogen and oxygen atoms in total. The van der Waals surface area contributed by atoms with Crippen LogP contribution in [0.2, 0.25) is 0 Å². The number of unbranched alkanes of at least 4 members (excludes halogenated alkanes) is 9. The summed E-state index contributed by atoms with van der Waals surface area (Å²) < 4.78 is 16.6. The van der Waals surface area contributed by atoms with E-state index in [2.05, 4.69) is 12.2 Å². The molecule has 2 atom stereocenters. The van der Waals surface area contributed by atoms with Crippen LogP contribution in [0, 0.1) is 0 Å². The number of aliphatic hydroxyl groups is 1. The maximum absolute atomic E-state index is 12.4. The first-order valence-electron chi connectivity index (χ1n) is 12.7. The molecule has 0 aliphatic heterocycles. The molecule has 2 N–H and O–H groups in total. The van der Waals surface area contributed by atoms with Gasteiger partial charge in [0, 0.05) is 7.11 Å². The highest BCUT2D eigenvalue weighted by atomic mass is 16.7. The molecular formula is C26H51NO5. The standard InChI is InChI=1S/C26H51NO5/c1-6-7-8-9-10-11-12-13-14-17-20-24(31-22-30-5)23(19-16-15-18-21-28)27-25(29)32-26(2,3)4/h15,18,23-24,28H,6-14,16-17,19-22H2,1-5H3,(H,27,29)/b18-15+/t23-,24-/m1/s1. The lowest BCUT2D eigenvalue weighted by atomic mass is 9.98. The zero-order valence-corrected chi connectivity index (χ0v) is 21.5. The Hall–Kier alpha value is -1.11. The smallest absolute Gasteiger partial charge is 0.407 e. The van der Waals surface area contributed by atoms with Crippen LogP contribution in [0.3, 0.4) is 0 Å². The first kappa shape index (κ1) is 30.9. The van der Waals surface area contributed by atoms with Crippen LogP contribution in [0.1, 0.15) is 111 Å². The van der Waals surface area contributed by atoms with Gasteiger partial charge in [-0.1, -0.05) is 83.3 Å². The molecule has 0 aromatic rings. The summed E-state index contributed by atoms with van der Waals surface area (Å²) in [6.45, 7) is 8.04. The van der Waals surface area contributed by atoms with E-state index in [-0.39, 0.29) is 25.5 Å². The lowest BCUT2D eigenvalue weighted by Gasteiger charge is -2.29. The number of methoxy groups -OCH3 is 1. The summed E-state index contributed by atoms with van der Waals surface area (Å²) in [5, 5.41) is 12.0. The molecule has 32 heavy (non-hydrogen) atoms. The highest BCUT2D eigenvalue weighted by Gasteiger charge is 2.26. The molecule has 0 rings (SSSR count). The summed E-state index contributed by atoms with van der Waals surface area (Å²) in [5.41, 5.74) is -0.551. The molecule has 0 fully saturated rings. The summed E-state index contributed by atoms with van der Waals surface area (Å²) in [7, 11) is 1.61. The van der Waals surface area contributed by atoms with E-state index in [1.807, 2.05) is 26.8 Å². The molecule has 0 aliphatic rings. The fraction of sp³-hybridized carbons (Fsp3) is 0.885. The van der Waals surface area contributed by atoms with Crippen molar-refractivity contribution < 1.29 is 24.1 Å². The Balaban J connectivity index is 4.60. The van der Waals surface area contributed by atoms with Crippen molar-refractivity contribution in [3.05, 3.63) is 12.2 Å². The zero-order chi connectivity index (χ0) is 24.1. The molecule has 190 valence electrons. The number of rotatable bonds is 20. The van der Waals surface area contributed by atoms with Gasteiger partial charge in [-0.05, 0) is 40.0 Å². The Labute approximate surface area is 197 Å². The summed E-state index contributed by atoms with van der Waals surface area (Å²) in [4.78, 5) is 12.4. The molecule has 0 aliphatic carbocycles. The maximum atomic E-state index is 12.4. The third-order valence-corrected chi connectivity index (χ3v) is 5.31. The molecule has 0 spiro atoms. The number of alkyl carbamates (subject to hydrolysis) is 1. The first-order chi connectivity index (χ1) is 15.3. The van der Waals surface area contributed by atoms with Gasteiger partial charge in [0.15, 0.2) is 0 Å². The van der Waals surface area contributed by atoms with Gasteiger partial charge in [-0.3, -0.25) is 0 Å². The van der Waals surface area contributed by atoms with Crippen molar-refractivity contribution >= 4 is 6.09 Å². The van der Waals surface area contributed by atoms with Crippen LogP contribution in [0.5, 0.6) is 0 Å². The van der Waals surface area contributed by atoms with Gasteiger partial charge in [0.05, 0.1) is 18.8 Å². The van der Waals surface area contributed by atoms with E-state index in [0.717, 1.165) is 19.3 Å². The lowest BCUT2D eigenvalue weighted by Crippen LogP contribution is -2.46. The van der Waals surface area contributed by atoms with E-state index in [1.54, 1.807) is 13.2 Å². The molecular weight excluding hydrogens is 406 g/mol. The second-order valence-electron chi connectivity index (χ2n) is 9.57. The highest BCUT2D eigenvalue weighted by molar-refractivity contribution is 5.68. The molecule has 0 saturated carbocycles. The van der Waals surface area contributed by atoms with Crippen molar-refractivity contribution in [2.24, 2.45) is 0 Å². The van der Waals surface area contributed by atoms with Crippen molar-refractivity contribution in [2.45, 2.75) is 129 Å². The third-order valence-electron chi connectivity index (χ3n) is 5.31. The van der Waals surface area contributed by atoms with Crippen LogP contribution in [-0.2, 0) is 14.2 Å². The molecule has 0 radical (unpaired) electrons. The van der Waals surface area contributed by atoms with Gasteiger partial charge < -0.3 is 24.6 Å². The minimum Gasteiger partial charge on any atom is -0.444 e. The average Bonchev–Trinajstić information content (AvgIpc) is 2.72. The normalized spacial score (nSPS) is 13.9. The summed E-state index contributed by atoms with van der Waals surface area (Å²) in [5.74, 6) is 0. The van der Waals surface area contributed by atoms with Gasteiger partial charge >= 0.3 is 6.09 Å². The average molecular weight is 458 g/mol. The van der Waals surface area contributed by atoms with Gasteiger partial charge in [-0.15, -0.1) is 0 Å². The highest BCUT2D eigenvalue weighted by Crippen LogP contribution is 2.18. The van der Waals surface area contributed by atoms with Gasteiger partial charge in [0.2, 0.25) is 0 Å². The minimum absolute atomic E-state index is 0.0202. The van der Waals surface area contributed by atoms with Gasteiger partial charge in [0.25, 0.3) is 0 Å². The second-order valence-corrected chi connectivity index (χ2v) is 9.57. The lowest BCUT2D eigenvalue weighted by molar-refractivity contribution is -0.0874. The number of amides is 1. The van der Waals surface area contributed by atoms with Crippen molar-refractivity contribution in [2.75, 3.05) is 20.5 Å². The molecule has 0 aromatic carbocycles. The Kier molecular flexibility index (Phi) is 19.8. The SMILES string of the molecule is CCCCCCCCCCCC[C@@H](OCOC)[C@@H](CC/C=C/CO)NC(=O)OC(C)(C)C. The number of aliphatic hydroxyl groups excluding tert-OH is 1. The molecule has 0 unspecified atom stereocenters. The van der Waals surface area contributed by atoms with E-state index in [1.165, 1.54) is 57.8 Å². The number of allylic oxidation sites excluding steroid dienone is 1. The number of hydrogen-bond donors (Lipinski definition) is 2. The number of carbonyl (C=O) groups is 1. The van der Waals surface area contributed by atoms with Crippen LogP contribution in [0.4, 0.5) is 4.79 Å². The Bertz CT molecular complexity index is 462. The monoisotopic (exact) mass is 457 g/mol. The minimum atomic E-state index is -0.551. The largest absolute Gasteiger partial charge is 0.444 e. The molecule has 1 amide bonds. The summed E-state index contributed by atoms with van der Waals surface area (Å²) in [6, 6.07) is -0.179. The predicted molar refractivity (Wildman–Crippen MR) is 132 cm³/mol. The topological polar surface area (TPSA) is 77.0 Å². The molecule has 0 bridgehead atoms. The maximum Gasteiger partial charge on any atom is 0.407 e. The predicted octanol–water partition coefficient (Wildman–Crippen LogP) is 6.51. The Morgan fingerprint density at radius 2 is 1.53 bits per heavy atom. The van der Waals surface area contributed by atoms with Crippen LogP contribution < -0.4 is 5.32 Å². The number of nitrogens with one attached hydrogen (secondary N) is 1. The Morgan fingerprint density at radius 1 is 0.938 bits per heavy atom.